The number of carbonyl (C=O) groups is 4. The number of ketones is 1. The van der Waals surface area contributed by atoms with Crippen LogP contribution in [0, 0.1) is 5.92 Å². The molecule has 0 N–H and O–H groups in total. The van der Waals surface area contributed by atoms with Crippen molar-refractivity contribution in [1.29, 1.82) is 0 Å². The fourth-order valence-corrected chi connectivity index (χ4v) is 6.75. The molecule has 3 aliphatic heterocycles. The van der Waals surface area contributed by atoms with Crippen LogP contribution in [0.2, 0.25) is 0 Å². The minimum Gasteiger partial charge on any atom is -0.541 e. The number of benzene rings is 2. The average molecular weight is 516 g/mol. The van der Waals surface area contributed by atoms with Gasteiger partial charge in [0.15, 0.2) is 0 Å². The number of amides is 3. The number of hydrazone groups is 1. The zero-order valence-corrected chi connectivity index (χ0v) is 21.0. The second-order valence-electron chi connectivity index (χ2n) is 9.42. The maximum Gasteiger partial charge on any atom is 0.378 e. The molecule has 0 saturated carbocycles. The number of urea groups is 1. The highest BCUT2D eigenvalue weighted by molar-refractivity contribution is 8.02. The number of β-lactam (4-membered cyclic amide) rings is 1. The summed E-state index contributed by atoms with van der Waals surface area (Å²) in [6.45, 7) is 1.96. The summed E-state index contributed by atoms with van der Waals surface area (Å²) in [5.41, 5.74) is 1.70. The van der Waals surface area contributed by atoms with Crippen LogP contribution in [0.4, 0.5) is 4.79 Å². The summed E-state index contributed by atoms with van der Waals surface area (Å²) in [6.07, 6.45) is 1.88. The molecule has 0 aliphatic carbocycles. The van der Waals surface area contributed by atoms with Gasteiger partial charge < -0.3 is 9.55 Å². The summed E-state index contributed by atoms with van der Waals surface area (Å²) in [5.74, 6) is -1.67. The lowest BCUT2D eigenvalue weighted by atomic mass is 9.90. The Hall–Kier alpha value is -3.60. The molecule has 9 nitrogen and oxygen atoms in total. The van der Waals surface area contributed by atoms with Crippen molar-refractivity contribution < 1.29 is 23.8 Å². The van der Waals surface area contributed by atoms with Crippen LogP contribution < -0.4 is 0 Å². The molecule has 0 bridgehead atoms. The predicted molar refractivity (Wildman–Crippen MR) is 138 cm³/mol. The Kier molecular flexibility index (Phi) is 6.81. The lowest BCUT2D eigenvalue weighted by Gasteiger charge is -2.41. The van der Waals surface area contributed by atoms with Gasteiger partial charge in [-0.25, -0.2) is 9.80 Å². The molecule has 188 valence electrons. The van der Waals surface area contributed by atoms with Gasteiger partial charge in [0.05, 0.1) is 30.1 Å². The van der Waals surface area contributed by atoms with Crippen LogP contribution >= 0.6 is 11.8 Å². The standard InChI is InChI=1S/C26H25BN4O5S/c1-17-15-30(25(35)31(17)28-14-19-10-6-3-7-11-19)26(24(34)36-27)16-29-22(33)21(23(29)37-26)13-20(32)12-18-8-4-2-5-9-18/h2-11,14,17,21,23H,12-13,15-16H2,1H3/b28-14+/t17-,21+,23+,26+/m0/s1. The van der Waals surface area contributed by atoms with Crippen molar-refractivity contribution in [2.24, 2.45) is 11.0 Å². The molecule has 37 heavy (non-hydrogen) atoms. The van der Waals surface area contributed by atoms with E-state index in [-0.39, 0.29) is 43.7 Å². The maximum atomic E-state index is 13.4. The van der Waals surface area contributed by atoms with Crippen LogP contribution in [0.1, 0.15) is 24.5 Å². The fraction of sp³-hybridized carbons (Fsp3) is 0.346. The van der Waals surface area contributed by atoms with Gasteiger partial charge in [0.25, 0.3) is 0 Å². The number of hydrogen-bond donors (Lipinski definition) is 0. The largest absolute Gasteiger partial charge is 0.541 e. The Morgan fingerprint density at radius 2 is 1.81 bits per heavy atom. The van der Waals surface area contributed by atoms with Gasteiger partial charge in [0, 0.05) is 19.4 Å². The predicted octanol–water partition coefficient (Wildman–Crippen LogP) is 2.20. The molecule has 0 spiro atoms. The summed E-state index contributed by atoms with van der Waals surface area (Å²) < 4.78 is 4.64. The van der Waals surface area contributed by atoms with E-state index in [1.54, 1.807) is 6.21 Å². The molecule has 3 saturated heterocycles. The highest BCUT2D eigenvalue weighted by Crippen LogP contribution is 2.53. The van der Waals surface area contributed by atoms with Gasteiger partial charge in [-0.15, -0.1) is 0 Å². The highest BCUT2D eigenvalue weighted by atomic mass is 32.2. The number of rotatable bonds is 8. The summed E-state index contributed by atoms with van der Waals surface area (Å²) in [7, 11) is 5.30. The molecular formula is C26H25BN4O5S. The summed E-state index contributed by atoms with van der Waals surface area (Å²) in [6, 6.07) is 17.9. The zero-order valence-electron chi connectivity index (χ0n) is 20.2. The van der Waals surface area contributed by atoms with Gasteiger partial charge in [-0.05, 0) is 18.1 Å². The van der Waals surface area contributed by atoms with Crippen molar-refractivity contribution in [3.63, 3.8) is 0 Å². The summed E-state index contributed by atoms with van der Waals surface area (Å²) >= 11 is 1.15. The molecule has 11 heteroatoms. The van der Waals surface area contributed by atoms with E-state index in [1.807, 2.05) is 67.6 Å². The molecule has 5 rings (SSSR count). The van der Waals surface area contributed by atoms with Crippen molar-refractivity contribution >= 4 is 49.7 Å². The number of hydrogen-bond acceptors (Lipinski definition) is 7. The van der Waals surface area contributed by atoms with Gasteiger partial charge >= 0.3 is 20.0 Å². The van der Waals surface area contributed by atoms with Gasteiger partial charge in [-0.3, -0.25) is 19.3 Å². The molecule has 3 fully saturated rings. The van der Waals surface area contributed by atoms with E-state index in [4.69, 9.17) is 8.05 Å². The molecular weight excluding hydrogens is 491 g/mol. The van der Waals surface area contributed by atoms with E-state index in [9.17, 15) is 19.2 Å². The minimum absolute atomic E-state index is 0.0593. The number of thioether (sulfide) groups is 1. The monoisotopic (exact) mass is 516 g/mol. The number of carbonyl (C=O) groups excluding carboxylic acids is 4. The normalized spacial score (nSPS) is 26.9. The van der Waals surface area contributed by atoms with Crippen molar-refractivity contribution in [1.82, 2.24) is 14.8 Å². The lowest BCUT2D eigenvalue weighted by Crippen LogP contribution is -2.59. The van der Waals surface area contributed by atoms with E-state index in [0.717, 1.165) is 22.9 Å². The van der Waals surface area contributed by atoms with Gasteiger partial charge in [-0.2, -0.15) is 5.10 Å². The molecule has 3 heterocycles. The summed E-state index contributed by atoms with van der Waals surface area (Å²) in [5, 5.41) is 5.24. The molecule has 3 amide bonds. The zero-order chi connectivity index (χ0) is 26.2. The average Bonchev–Trinajstić information content (AvgIpc) is 3.42. The van der Waals surface area contributed by atoms with Crippen LogP contribution in [0.15, 0.2) is 65.8 Å². The quantitative estimate of drug-likeness (QED) is 0.303. The third kappa shape index (κ3) is 4.52. The lowest BCUT2D eigenvalue weighted by molar-refractivity contribution is -0.153. The topological polar surface area (TPSA) is 99.6 Å². The minimum atomic E-state index is -1.52. The van der Waals surface area contributed by atoms with E-state index in [1.165, 1.54) is 14.8 Å². The van der Waals surface area contributed by atoms with E-state index >= 15 is 0 Å². The third-order valence-corrected chi connectivity index (χ3v) is 8.66. The first kappa shape index (κ1) is 25.1. The van der Waals surface area contributed by atoms with Crippen molar-refractivity contribution in [3.8, 4) is 0 Å². The van der Waals surface area contributed by atoms with E-state index in [2.05, 4.69) is 9.76 Å². The first-order chi connectivity index (χ1) is 17.8. The van der Waals surface area contributed by atoms with Gasteiger partial charge in [0.2, 0.25) is 10.8 Å². The molecule has 0 aromatic heterocycles. The molecule has 2 radical (unpaired) electrons. The van der Waals surface area contributed by atoms with E-state index < -0.39 is 28.2 Å². The van der Waals surface area contributed by atoms with Gasteiger partial charge in [0.1, 0.15) is 5.78 Å². The van der Waals surface area contributed by atoms with Crippen LogP contribution in [0.25, 0.3) is 0 Å². The van der Waals surface area contributed by atoms with Gasteiger partial charge in [-0.1, -0.05) is 72.4 Å². The number of nitrogens with zero attached hydrogens (tertiary/aromatic N) is 4. The third-order valence-electron chi connectivity index (χ3n) is 6.93. The van der Waals surface area contributed by atoms with Crippen molar-refractivity contribution in [2.75, 3.05) is 13.1 Å². The Morgan fingerprint density at radius 3 is 2.49 bits per heavy atom. The molecule has 2 aromatic rings. The Balaban J connectivity index is 1.32. The second-order valence-corrected chi connectivity index (χ2v) is 10.8. The smallest absolute Gasteiger partial charge is 0.378 e. The Bertz CT molecular complexity index is 1250. The molecule has 0 unspecified atom stereocenters. The molecule has 3 aliphatic rings. The number of Topliss-reactive ketones (excluding diaryl/α,β-unsaturated/α-hetero) is 1. The summed E-state index contributed by atoms with van der Waals surface area (Å²) in [4.78, 5) is 53.5. The highest BCUT2D eigenvalue weighted by Gasteiger charge is 2.66. The maximum absolute atomic E-state index is 13.4. The first-order valence-corrected chi connectivity index (χ1v) is 12.9. The molecule has 4 atom stereocenters. The fourth-order valence-electron chi connectivity index (χ4n) is 5.04. The second kappa shape index (κ2) is 10.0. The number of fused-ring (bicyclic) bond motifs is 1. The molecule has 2 aromatic carbocycles. The Morgan fingerprint density at radius 1 is 1.14 bits per heavy atom. The van der Waals surface area contributed by atoms with E-state index in [0.29, 0.717) is 0 Å². The Labute approximate surface area is 220 Å². The van der Waals surface area contributed by atoms with Crippen LogP contribution in [-0.2, 0) is 25.5 Å². The SMILES string of the molecule is [B]OC(=O)[C@@]1(N2C[C@H](C)N(/N=C/c3ccccc3)C2=O)CN2C(=O)[C@@H](CC(=O)Cc3ccccc3)[C@H]2S1. The first-order valence-electron chi connectivity index (χ1n) is 12.0. The van der Waals surface area contributed by atoms with Crippen molar-refractivity contribution in [2.45, 2.75) is 36.1 Å². The van der Waals surface area contributed by atoms with Crippen molar-refractivity contribution in [3.05, 3.63) is 71.8 Å². The van der Waals surface area contributed by atoms with Crippen LogP contribution in [0.5, 0.6) is 0 Å². The van der Waals surface area contributed by atoms with Crippen LogP contribution in [-0.4, -0.2) is 82.1 Å². The van der Waals surface area contributed by atoms with Crippen LogP contribution in [0.3, 0.4) is 0 Å².